The van der Waals surface area contributed by atoms with Crippen LogP contribution in [0.5, 0.6) is 0 Å². The van der Waals surface area contributed by atoms with E-state index in [0.29, 0.717) is 5.92 Å². The van der Waals surface area contributed by atoms with Crippen molar-refractivity contribution in [1.82, 2.24) is 9.97 Å². The summed E-state index contributed by atoms with van der Waals surface area (Å²) in [5.41, 5.74) is 9.10. The fourth-order valence-corrected chi connectivity index (χ4v) is 2.28. The number of hydrogen-bond acceptors (Lipinski definition) is 4. The Kier molecular flexibility index (Phi) is 5.14. The standard InChI is InChI=1S/C17H24N4/c1-4-9-21(11-14-7-5-6-8-15(14)18)17-10-16(13(2)3)19-12-20-17/h5-8,10,12-13H,4,9,11,18H2,1-3H3. The SMILES string of the molecule is CCCN(Cc1ccccc1N)c1cc(C(C)C)ncn1. The summed E-state index contributed by atoms with van der Waals surface area (Å²) >= 11 is 0. The van der Waals surface area contributed by atoms with Gasteiger partial charge in [0.05, 0.1) is 0 Å². The molecule has 4 heteroatoms. The monoisotopic (exact) mass is 284 g/mol. The highest BCUT2D eigenvalue weighted by Gasteiger charge is 2.11. The Bertz CT molecular complexity index is 581. The first kappa shape index (κ1) is 15.3. The van der Waals surface area contributed by atoms with Crippen molar-refractivity contribution in [2.45, 2.75) is 39.7 Å². The molecule has 0 amide bonds. The van der Waals surface area contributed by atoms with Crippen LogP contribution in [0.3, 0.4) is 0 Å². The second-order valence-corrected chi connectivity index (χ2v) is 5.58. The summed E-state index contributed by atoms with van der Waals surface area (Å²) in [5, 5.41) is 0. The molecule has 0 aliphatic rings. The van der Waals surface area contributed by atoms with Crippen molar-refractivity contribution >= 4 is 11.5 Å². The van der Waals surface area contributed by atoms with Gasteiger partial charge >= 0.3 is 0 Å². The lowest BCUT2D eigenvalue weighted by molar-refractivity contribution is 0.743. The molecule has 1 aromatic heterocycles. The fraction of sp³-hybridized carbons (Fsp3) is 0.412. The van der Waals surface area contributed by atoms with Gasteiger partial charge in [-0.2, -0.15) is 0 Å². The van der Waals surface area contributed by atoms with Crippen LogP contribution >= 0.6 is 0 Å². The van der Waals surface area contributed by atoms with Crippen LogP contribution in [0, 0.1) is 0 Å². The molecule has 112 valence electrons. The molecule has 0 aliphatic heterocycles. The number of nitrogen functional groups attached to an aromatic ring is 1. The molecule has 0 radical (unpaired) electrons. The van der Waals surface area contributed by atoms with Crippen LogP contribution < -0.4 is 10.6 Å². The van der Waals surface area contributed by atoms with E-state index >= 15 is 0 Å². The summed E-state index contributed by atoms with van der Waals surface area (Å²) in [6.07, 6.45) is 2.72. The van der Waals surface area contributed by atoms with Crippen molar-refractivity contribution in [1.29, 1.82) is 0 Å². The van der Waals surface area contributed by atoms with Crippen LogP contribution in [0.2, 0.25) is 0 Å². The first-order chi connectivity index (χ1) is 10.1. The van der Waals surface area contributed by atoms with Gasteiger partial charge in [0.1, 0.15) is 12.1 Å². The van der Waals surface area contributed by atoms with Crippen molar-refractivity contribution in [2.24, 2.45) is 0 Å². The van der Waals surface area contributed by atoms with Crippen LogP contribution in [0.15, 0.2) is 36.7 Å². The van der Waals surface area contributed by atoms with Gasteiger partial charge in [-0.3, -0.25) is 0 Å². The first-order valence-corrected chi connectivity index (χ1v) is 7.52. The predicted octanol–water partition coefficient (Wildman–Crippen LogP) is 3.60. The third-order valence-electron chi connectivity index (χ3n) is 3.50. The Labute approximate surface area is 127 Å². The number of para-hydroxylation sites is 1. The molecule has 4 nitrogen and oxygen atoms in total. The molecule has 0 unspecified atom stereocenters. The average Bonchev–Trinajstić information content (AvgIpc) is 2.49. The molecular weight excluding hydrogens is 260 g/mol. The van der Waals surface area contributed by atoms with Crippen molar-refractivity contribution < 1.29 is 0 Å². The lowest BCUT2D eigenvalue weighted by Crippen LogP contribution is -2.25. The molecule has 0 saturated heterocycles. The van der Waals surface area contributed by atoms with Crippen molar-refractivity contribution in [3.05, 3.63) is 47.9 Å². The summed E-state index contributed by atoms with van der Waals surface area (Å²) in [4.78, 5) is 11.0. The van der Waals surface area contributed by atoms with Crippen LogP contribution in [-0.2, 0) is 6.54 Å². The molecule has 0 spiro atoms. The highest BCUT2D eigenvalue weighted by atomic mass is 15.2. The number of anilines is 2. The van der Waals surface area contributed by atoms with Gasteiger partial charge in [0.2, 0.25) is 0 Å². The van der Waals surface area contributed by atoms with Crippen LogP contribution in [0.1, 0.15) is 44.4 Å². The number of aromatic nitrogens is 2. The molecule has 2 N–H and O–H groups in total. The van der Waals surface area contributed by atoms with E-state index in [2.05, 4.69) is 47.8 Å². The minimum absolute atomic E-state index is 0.400. The summed E-state index contributed by atoms with van der Waals surface area (Å²) in [6, 6.07) is 10.1. The van der Waals surface area contributed by atoms with E-state index in [1.165, 1.54) is 0 Å². The smallest absolute Gasteiger partial charge is 0.132 e. The second-order valence-electron chi connectivity index (χ2n) is 5.58. The maximum absolute atomic E-state index is 6.06. The molecule has 1 heterocycles. The highest BCUT2D eigenvalue weighted by molar-refractivity contribution is 5.49. The topological polar surface area (TPSA) is 55.0 Å². The highest BCUT2D eigenvalue weighted by Crippen LogP contribution is 2.21. The van der Waals surface area contributed by atoms with E-state index in [4.69, 9.17) is 5.73 Å². The zero-order chi connectivity index (χ0) is 15.2. The zero-order valence-electron chi connectivity index (χ0n) is 13.1. The third kappa shape index (κ3) is 3.94. The normalized spacial score (nSPS) is 10.9. The summed E-state index contributed by atoms with van der Waals surface area (Å²) in [5.74, 6) is 1.37. The summed E-state index contributed by atoms with van der Waals surface area (Å²) < 4.78 is 0. The molecular formula is C17H24N4. The summed E-state index contributed by atoms with van der Waals surface area (Å²) in [6.45, 7) is 8.18. The minimum Gasteiger partial charge on any atom is -0.398 e. The molecule has 2 aromatic rings. The second kappa shape index (κ2) is 7.07. The fourth-order valence-electron chi connectivity index (χ4n) is 2.28. The van der Waals surface area contributed by atoms with E-state index in [1.54, 1.807) is 6.33 Å². The Balaban J connectivity index is 2.26. The Hall–Kier alpha value is -2.10. The first-order valence-electron chi connectivity index (χ1n) is 7.52. The van der Waals surface area contributed by atoms with Gasteiger partial charge in [-0.1, -0.05) is 39.0 Å². The number of hydrogen-bond donors (Lipinski definition) is 1. The number of benzene rings is 1. The van der Waals surface area contributed by atoms with E-state index in [1.807, 2.05) is 18.2 Å². The lowest BCUT2D eigenvalue weighted by Gasteiger charge is -2.24. The van der Waals surface area contributed by atoms with Gasteiger partial charge in [-0.05, 0) is 24.0 Å². The van der Waals surface area contributed by atoms with Crippen LogP contribution in [0.25, 0.3) is 0 Å². The predicted molar refractivity (Wildman–Crippen MR) is 88.3 cm³/mol. The molecule has 0 aliphatic carbocycles. The third-order valence-corrected chi connectivity index (χ3v) is 3.50. The van der Waals surface area contributed by atoms with E-state index in [0.717, 1.165) is 42.3 Å². The average molecular weight is 284 g/mol. The van der Waals surface area contributed by atoms with Crippen molar-refractivity contribution in [3.63, 3.8) is 0 Å². The quantitative estimate of drug-likeness (QED) is 0.823. The van der Waals surface area contributed by atoms with E-state index < -0.39 is 0 Å². The van der Waals surface area contributed by atoms with Crippen LogP contribution in [-0.4, -0.2) is 16.5 Å². The molecule has 1 aromatic carbocycles. The number of nitrogens with two attached hydrogens (primary N) is 1. The molecule has 0 saturated carbocycles. The van der Waals surface area contributed by atoms with E-state index in [-0.39, 0.29) is 0 Å². The van der Waals surface area contributed by atoms with E-state index in [9.17, 15) is 0 Å². The van der Waals surface area contributed by atoms with Gasteiger partial charge in [0.25, 0.3) is 0 Å². The number of rotatable bonds is 6. The van der Waals surface area contributed by atoms with Crippen molar-refractivity contribution in [3.8, 4) is 0 Å². The Morgan fingerprint density at radius 2 is 1.95 bits per heavy atom. The molecule has 0 fully saturated rings. The van der Waals surface area contributed by atoms with Gasteiger partial charge in [0, 0.05) is 30.5 Å². The molecule has 0 bridgehead atoms. The van der Waals surface area contributed by atoms with Gasteiger partial charge in [-0.15, -0.1) is 0 Å². The van der Waals surface area contributed by atoms with Gasteiger partial charge in [0.15, 0.2) is 0 Å². The largest absolute Gasteiger partial charge is 0.398 e. The molecule has 2 rings (SSSR count). The zero-order valence-corrected chi connectivity index (χ0v) is 13.1. The Morgan fingerprint density at radius 1 is 1.19 bits per heavy atom. The number of nitrogens with zero attached hydrogens (tertiary/aromatic N) is 3. The van der Waals surface area contributed by atoms with Crippen molar-refractivity contribution in [2.75, 3.05) is 17.2 Å². The lowest BCUT2D eigenvalue weighted by atomic mass is 10.1. The maximum atomic E-state index is 6.06. The molecule has 21 heavy (non-hydrogen) atoms. The van der Waals surface area contributed by atoms with Gasteiger partial charge in [-0.25, -0.2) is 9.97 Å². The molecule has 0 atom stereocenters. The van der Waals surface area contributed by atoms with Gasteiger partial charge < -0.3 is 10.6 Å². The van der Waals surface area contributed by atoms with Crippen LogP contribution in [0.4, 0.5) is 11.5 Å². The maximum Gasteiger partial charge on any atom is 0.132 e. The summed E-state index contributed by atoms with van der Waals surface area (Å²) in [7, 11) is 0. The minimum atomic E-state index is 0.400. The Morgan fingerprint density at radius 3 is 2.62 bits per heavy atom.